The molecule has 0 unspecified atom stereocenters. The van der Waals surface area contributed by atoms with Gasteiger partial charge in [0.1, 0.15) is 6.04 Å². The summed E-state index contributed by atoms with van der Waals surface area (Å²) >= 11 is 0. The zero-order valence-corrected chi connectivity index (χ0v) is 23.8. The monoisotopic (exact) mass is 506 g/mol. The van der Waals surface area contributed by atoms with E-state index in [1.807, 2.05) is 0 Å². The van der Waals surface area contributed by atoms with Crippen molar-refractivity contribution in [2.75, 3.05) is 4.90 Å². The van der Waals surface area contributed by atoms with Gasteiger partial charge in [-0.2, -0.15) is 0 Å². The van der Waals surface area contributed by atoms with Gasteiger partial charge in [0.05, 0.1) is 5.54 Å². The summed E-state index contributed by atoms with van der Waals surface area (Å²) in [5.41, 5.74) is 8.02. The predicted molar refractivity (Wildman–Crippen MR) is 168 cm³/mol. The van der Waals surface area contributed by atoms with Gasteiger partial charge >= 0.3 is 0 Å². The van der Waals surface area contributed by atoms with Crippen LogP contribution >= 0.6 is 0 Å². The number of hydrogen-bond donors (Lipinski definition) is 0. The largest absolute Gasteiger partial charge is 0.345 e. The molecule has 0 saturated heterocycles. The molecule has 0 atom stereocenters. The fourth-order valence-electron chi connectivity index (χ4n) is 7.08. The Balaban J connectivity index is 1.55. The Bertz CT molecular complexity index is 1760. The summed E-state index contributed by atoms with van der Waals surface area (Å²) in [4.78, 5) is 2.68. The van der Waals surface area contributed by atoms with Crippen molar-refractivity contribution >= 4 is 38.0 Å². The van der Waals surface area contributed by atoms with Crippen LogP contribution in [-0.2, 0) is 5.54 Å². The minimum atomic E-state index is -0.195. The number of nitrogens with zero attached hydrogens (tertiary/aromatic N) is 1. The lowest BCUT2D eigenvalue weighted by Gasteiger charge is -2.42. The zero-order valence-electron chi connectivity index (χ0n) is 23.8. The molecule has 1 radical (unpaired) electrons. The SMILES string of the molecule is CC(C)c1cccc(C(C)C)c1N1[C](c2cc3ccc4cccc5ccc(c2)c3c45)c2ccccc2C1(C)C. The molecule has 0 aliphatic carbocycles. The first kappa shape index (κ1) is 24.2. The first-order valence-corrected chi connectivity index (χ1v) is 14.3. The number of benzene rings is 6. The molecular formula is C38H36N. The van der Waals surface area contributed by atoms with Gasteiger partial charge in [-0.3, -0.25) is 0 Å². The molecule has 0 saturated carbocycles. The van der Waals surface area contributed by atoms with E-state index in [1.165, 1.54) is 71.9 Å². The Hall–Kier alpha value is -3.84. The topological polar surface area (TPSA) is 3.24 Å². The molecule has 193 valence electrons. The van der Waals surface area contributed by atoms with Crippen LogP contribution in [0.2, 0.25) is 0 Å². The molecule has 6 aromatic rings. The van der Waals surface area contributed by atoms with E-state index in [0.717, 1.165) is 0 Å². The molecule has 1 heteroatoms. The van der Waals surface area contributed by atoms with Crippen molar-refractivity contribution in [2.45, 2.75) is 58.9 Å². The van der Waals surface area contributed by atoms with Crippen molar-refractivity contribution in [3.63, 3.8) is 0 Å². The van der Waals surface area contributed by atoms with Crippen LogP contribution in [0.25, 0.3) is 32.3 Å². The van der Waals surface area contributed by atoms with Crippen molar-refractivity contribution < 1.29 is 0 Å². The maximum atomic E-state index is 2.68. The average Bonchev–Trinajstić information content (AvgIpc) is 3.17. The summed E-state index contributed by atoms with van der Waals surface area (Å²) in [6.07, 6.45) is 0. The average molecular weight is 507 g/mol. The van der Waals surface area contributed by atoms with Gasteiger partial charge in [0.2, 0.25) is 0 Å². The summed E-state index contributed by atoms with van der Waals surface area (Å²) in [6, 6.07) is 38.0. The first-order valence-electron chi connectivity index (χ1n) is 14.3. The smallest absolute Gasteiger partial charge is 0.124 e. The van der Waals surface area contributed by atoms with Gasteiger partial charge in [-0.05, 0) is 98.0 Å². The third-order valence-electron chi connectivity index (χ3n) is 8.93. The number of rotatable bonds is 4. The highest BCUT2D eigenvalue weighted by atomic mass is 15.3. The second-order valence-corrected chi connectivity index (χ2v) is 12.4. The van der Waals surface area contributed by atoms with Crippen LogP contribution in [-0.4, -0.2) is 0 Å². The minimum Gasteiger partial charge on any atom is -0.345 e. The number of fused-ring (bicyclic) bond motifs is 1. The summed E-state index contributed by atoms with van der Waals surface area (Å²) < 4.78 is 0. The number of anilines is 1. The highest BCUT2D eigenvalue weighted by Gasteiger charge is 2.47. The molecule has 1 nitrogen and oxygen atoms in total. The fourth-order valence-corrected chi connectivity index (χ4v) is 7.08. The van der Waals surface area contributed by atoms with Gasteiger partial charge < -0.3 is 4.90 Å². The quantitative estimate of drug-likeness (QED) is 0.215. The molecule has 0 N–H and O–H groups in total. The van der Waals surface area contributed by atoms with Crippen LogP contribution in [0.1, 0.15) is 81.2 Å². The Morgan fingerprint density at radius 2 is 1.08 bits per heavy atom. The standard InChI is InChI=1S/C38H36N/c1-23(2)30-14-10-15-31(24(3)4)37(30)39-36(32-13-7-8-16-33(32)38(39,5)6)29-21-27-19-17-25-11-9-12-26-18-20-28(22-29)35(27)34(25)26/h7-24H,1-6H3. The Morgan fingerprint density at radius 1 is 0.564 bits per heavy atom. The fraction of sp³-hybridized carbons (Fsp3) is 0.237. The molecule has 1 aliphatic rings. The van der Waals surface area contributed by atoms with E-state index in [4.69, 9.17) is 0 Å². The van der Waals surface area contributed by atoms with Crippen molar-refractivity contribution in [3.05, 3.63) is 131 Å². The number of para-hydroxylation sites is 1. The van der Waals surface area contributed by atoms with Crippen molar-refractivity contribution in [2.24, 2.45) is 0 Å². The molecule has 1 heterocycles. The normalized spacial score (nSPS) is 15.4. The second kappa shape index (κ2) is 8.58. The van der Waals surface area contributed by atoms with Crippen LogP contribution in [0.4, 0.5) is 5.69 Å². The van der Waals surface area contributed by atoms with E-state index in [0.29, 0.717) is 11.8 Å². The van der Waals surface area contributed by atoms with E-state index in [-0.39, 0.29) is 5.54 Å². The highest BCUT2D eigenvalue weighted by molar-refractivity contribution is 6.23. The maximum absolute atomic E-state index is 2.68. The van der Waals surface area contributed by atoms with E-state index in [1.54, 1.807) is 0 Å². The van der Waals surface area contributed by atoms with Gasteiger partial charge in [-0.1, -0.05) is 113 Å². The molecule has 0 bridgehead atoms. The molecular weight excluding hydrogens is 470 g/mol. The molecule has 39 heavy (non-hydrogen) atoms. The lowest BCUT2D eigenvalue weighted by Crippen LogP contribution is -2.40. The summed E-state index contributed by atoms with van der Waals surface area (Å²) in [5.74, 6) is 0.842. The molecule has 6 aromatic carbocycles. The lowest BCUT2D eigenvalue weighted by molar-refractivity contribution is 0.529. The van der Waals surface area contributed by atoms with Gasteiger partial charge in [-0.15, -0.1) is 0 Å². The first-order chi connectivity index (χ1) is 18.8. The van der Waals surface area contributed by atoms with Crippen LogP contribution in [0.15, 0.2) is 97.1 Å². The third kappa shape index (κ3) is 3.45. The summed E-state index contributed by atoms with van der Waals surface area (Å²) in [7, 11) is 0. The lowest BCUT2D eigenvalue weighted by atomic mass is 9.88. The van der Waals surface area contributed by atoms with Crippen molar-refractivity contribution in [3.8, 4) is 0 Å². The van der Waals surface area contributed by atoms with Gasteiger partial charge in [0, 0.05) is 5.69 Å². The van der Waals surface area contributed by atoms with E-state index < -0.39 is 0 Å². The number of hydrogen-bond acceptors (Lipinski definition) is 1. The molecule has 0 fully saturated rings. The summed E-state index contributed by atoms with van der Waals surface area (Å²) in [6.45, 7) is 14.1. The van der Waals surface area contributed by atoms with Crippen LogP contribution in [0, 0.1) is 6.04 Å². The molecule has 0 spiro atoms. The van der Waals surface area contributed by atoms with Crippen LogP contribution < -0.4 is 4.90 Å². The van der Waals surface area contributed by atoms with E-state index >= 15 is 0 Å². The molecule has 0 aromatic heterocycles. The van der Waals surface area contributed by atoms with Gasteiger partial charge in [-0.25, -0.2) is 0 Å². The van der Waals surface area contributed by atoms with Crippen LogP contribution in [0.3, 0.4) is 0 Å². The predicted octanol–water partition coefficient (Wildman–Crippen LogP) is 10.5. The second-order valence-electron chi connectivity index (χ2n) is 12.4. The summed E-state index contributed by atoms with van der Waals surface area (Å²) in [5, 5.41) is 7.99. The zero-order chi connectivity index (χ0) is 27.1. The van der Waals surface area contributed by atoms with E-state index in [9.17, 15) is 0 Å². The van der Waals surface area contributed by atoms with E-state index in [2.05, 4.69) is 144 Å². The molecule has 0 amide bonds. The molecule has 7 rings (SSSR count). The van der Waals surface area contributed by atoms with Gasteiger partial charge in [0.15, 0.2) is 0 Å². The molecule has 1 aliphatic heterocycles. The maximum Gasteiger partial charge on any atom is 0.124 e. The van der Waals surface area contributed by atoms with Gasteiger partial charge in [0.25, 0.3) is 0 Å². The highest BCUT2D eigenvalue weighted by Crippen LogP contribution is 2.54. The Kier molecular flexibility index (Phi) is 5.33. The third-order valence-corrected chi connectivity index (χ3v) is 8.93. The Labute approximate surface area is 232 Å². The van der Waals surface area contributed by atoms with Crippen LogP contribution in [0.5, 0.6) is 0 Å². The Morgan fingerprint density at radius 3 is 1.67 bits per heavy atom. The minimum absolute atomic E-state index is 0.195. The van der Waals surface area contributed by atoms with Crippen molar-refractivity contribution in [1.29, 1.82) is 0 Å². The van der Waals surface area contributed by atoms with Crippen molar-refractivity contribution in [1.82, 2.24) is 0 Å².